The van der Waals surface area contributed by atoms with Crippen LogP contribution in [0.5, 0.6) is 0 Å². The van der Waals surface area contributed by atoms with Crippen molar-refractivity contribution < 1.29 is 14.3 Å². The third-order valence-electron chi connectivity index (χ3n) is 2.72. The molecule has 1 aromatic carbocycles. The number of nitrogens with one attached hydrogen (secondary N) is 1. The molecule has 2 N–H and O–H groups in total. The van der Waals surface area contributed by atoms with Crippen LogP contribution in [0, 0.1) is 18.3 Å². The maximum atomic E-state index is 10.9. The zero-order valence-electron chi connectivity index (χ0n) is 10.6. The van der Waals surface area contributed by atoms with E-state index in [1.807, 2.05) is 6.07 Å². The van der Waals surface area contributed by atoms with Crippen molar-refractivity contribution in [1.82, 2.24) is 0 Å². The molecule has 1 aromatic heterocycles. The van der Waals surface area contributed by atoms with Gasteiger partial charge in [0.05, 0.1) is 17.8 Å². The highest BCUT2D eigenvalue weighted by atomic mass is 35.5. The quantitative estimate of drug-likeness (QED) is 0.901. The number of halogens is 1. The highest BCUT2D eigenvalue weighted by Gasteiger charge is 2.14. The number of carboxylic acid groups (broad SMARTS) is 1. The van der Waals surface area contributed by atoms with Crippen LogP contribution in [0.2, 0.25) is 5.02 Å². The van der Waals surface area contributed by atoms with E-state index in [0.29, 0.717) is 27.6 Å². The summed E-state index contributed by atoms with van der Waals surface area (Å²) in [5, 5.41) is 21.4. The fraction of sp³-hybridized carbons (Fsp3) is 0.143. The Balaban J connectivity index is 2.17. The molecular formula is C14H11ClN2O3. The van der Waals surface area contributed by atoms with Gasteiger partial charge in [0.1, 0.15) is 11.8 Å². The van der Waals surface area contributed by atoms with Crippen molar-refractivity contribution in [3.05, 3.63) is 51.9 Å². The highest BCUT2D eigenvalue weighted by molar-refractivity contribution is 6.30. The van der Waals surface area contributed by atoms with E-state index in [0.717, 1.165) is 0 Å². The van der Waals surface area contributed by atoms with E-state index in [9.17, 15) is 4.79 Å². The average molecular weight is 291 g/mol. The molecule has 102 valence electrons. The molecule has 0 unspecified atom stereocenters. The zero-order chi connectivity index (χ0) is 14.7. The Labute approximate surface area is 120 Å². The number of nitriles is 1. The summed E-state index contributed by atoms with van der Waals surface area (Å²) in [5.41, 5.74) is 1.59. The van der Waals surface area contributed by atoms with E-state index in [1.54, 1.807) is 31.2 Å². The van der Waals surface area contributed by atoms with Crippen molar-refractivity contribution in [3.63, 3.8) is 0 Å². The van der Waals surface area contributed by atoms with Crippen LogP contribution in [0.1, 0.15) is 27.4 Å². The first-order valence-corrected chi connectivity index (χ1v) is 6.15. The summed E-state index contributed by atoms with van der Waals surface area (Å²) in [6.07, 6.45) is 0. The Morgan fingerprint density at radius 1 is 1.50 bits per heavy atom. The topological polar surface area (TPSA) is 86.3 Å². The highest BCUT2D eigenvalue weighted by Crippen LogP contribution is 2.22. The molecule has 1 heterocycles. The molecular weight excluding hydrogens is 280 g/mol. The van der Waals surface area contributed by atoms with Gasteiger partial charge in [-0.2, -0.15) is 5.26 Å². The van der Waals surface area contributed by atoms with Gasteiger partial charge in [-0.1, -0.05) is 11.6 Å². The SMILES string of the molecule is Cc1cc(CNc2cc(Cl)ccc2C#N)oc1C(=O)O. The third kappa shape index (κ3) is 2.92. The van der Waals surface area contributed by atoms with Crippen molar-refractivity contribution in [2.24, 2.45) is 0 Å². The molecule has 0 radical (unpaired) electrons. The first-order valence-electron chi connectivity index (χ1n) is 5.77. The Kier molecular flexibility index (Phi) is 3.97. The lowest BCUT2D eigenvalue weighted by Gasteiger charge is -2.06. The molecule has 6 heteroatoms. The molecule has 0 atom stereocenters. The van der Waals surface area contributed by atoms with Crippen molar-refractivity contribution in [2.45, 2.75) is 13.5 Å². The summed E-state index contributed by atoms with van der Waals surface area (Å²) in [6, 6.07) is 8.57. The lowest BCUT2D eigenvalue weighted by molar-refractivity contribution is 0.0659. The lowest BCUT2D eigenvalue weighted by atomic mass is 10.2. The maximum absolute atomic E-state index is 10.9. The summed E-state index contributed by atoms with van der Waals surface area (Å²) < 4.78 is 5.22. The first-order chi connectivity index (χ1) is 9.51. The van der Waals surface area contributed by atoms with Crippen LogP contribution < -0.4 is 5.32 Å². The fourth-order valence-corrected chi connectivity index (χ4v) is 1.96. The largest absolute Gasteiger partial charge is 0.475 e. The van der Waals surface area contributed by atoms with Gasteiger partial charge >= 0.3 is 5.97 Å². The van der Waals surface area contributed by atoms with Crippen LogP contribution in [0.25, 0.3) is 0 Å². The second-order valence-corrected chi connectivity index (χ2v) is 4.62. The number of carboxylic acids is 1. The lowest BCUT2D eigenvalue weighted by Crippen LogP contribution is -2.00. The molecule has 0 fully saturated rings. The number of hydrogen-bond donors (Lipinski definition) is 2. The second kappa shape index (κ2) is 5.68. The Morgan fingerprint density at radius 2 is 2.25 bits per heavy atom. The van der Waals surface area contributed by atoms with Crippen LogP contribution in [-0.2, 0) is 6.54 Å². The van der Waals surface area contributed by atoms with E-state index in [4.69, 9.17) is 26.4 Å². The Hall–Kier alpha value is -2.45. The zero-order valence-corrected chi connectivity index (χ0v) is 11.4. The monoisotopic (exact) mass is 290 g/mol. The van der Waals surface area contributed by atoms with Gasteiger partial charge in [0, 0.05) is 10.6 Å². The predicted molar refractivity (Wildman–Crippen MR) is 73.9 cm³/mol. The molecule has 20 heavy (non-hydrogen) atoms. The smallest absolute Gasteiger partial charge is 0.372 e. The molecule has 0 aliphatic rings. The molecule has 0 saturated carbocycles. The fourth-order valence-electron chi connectivity index (χ4n) is 1.79. The van der Waals surface area contributed by atoms with Gasteiger partial charge < -0.3 is 14.8 Å². The van der Waals surface area contributed by atoms with Crippen LogP contribution >= 0.6 is 11.6 Å². The number of hydrogen-bond acceptors (Lipinski definition) is 4. The van der Waals surface area contributed by atoms with Crippen LogP contribution in [0.15, 0.2) is 28.7 Å². The molecule has 0 spiro atoms. The number of benzene rings is 1. The van der Waals surface area contributed by atoms with Crippen molar-refractivity contribution >= 4 is 23.3 Å². The van der Waals surface area contributed by atoms with Crippen molar-refractivity contribution in [2.75, 3.05) is 5.32 Å². The summed E-state index contributed by atoms with van der Waals surface area (Å²) in [5.74, 6) is -0.702. The van der Waals surface area contributed by atoms with Crippen LogP contribution in [0.4, 0.5) is 5.69 Å². The number of rotatable bonds is 4. The number of anilines is 1. The first kappa shape index (κ1) is 14.0. The van der Waals surface area contributed by atoms with Crippen molar-refractivity contribution in [1.29, 1.82) is 5.26 Å². The molecule has 0 bridgehead atoms. The Morgan fingerprint density at radius 3 is 2.85 bits per heavy atom. The summed E-state index contributed by atoms with van der Waals surface area (Å²) in [6.45, 7) is 1.93. The van der Waals surface area contributed by atoms with Gasteiger partial charge in [0.2, 0.25) is 5.76 Å². The van der Waals surface area contributed by atoms with Gasteiger partial charge in [-0.3, -0.25) is 0 Å². The molecule has 2 rings (SSSR count). The number of aromatic carboxylic acids is 1. The summed E-state index contributed by atoms with van der Waals surface area (Å²) in [7, 11) is 0. The van der Waals surface area contributed by atoms with Gasteiger partial charge in [0.25, 0.3) is 0 Å². The van der Waals surface area contributed by atoms with Crippen LogP contribution in [-0.4, -0.2) is 11.1 Å². The van der Waals surface area contributed by atoms with Crippen molar-refractivity contribution in [3.8, 4) is 6.07 Å². The molecule has 5 nitrogen and oxygen atoms in total. The number of carbonyl (C=O) groups is 1. The average Bonchev–Trinajstić information content (AvgIpc) is 2.78. The number of nitrogens with zero attached hydrogens (tertiary/aromatic N) is 1. The standard InChI is InChI=1S/C14H11ClN2O3/c1-8-4-11(20-13(8)14(18)19)7-17-12-5-10(15)3-2-9(12)6-16/h2-5,17H,7H2,1H3,(H,18,19). The minimum atomic E-state index is -1.10. The second-order valence-electron chi connectivity index (χ2n) is 4.19. The number of aryl methyl sites for hydroxylation is 1. The molecule has 2 aromatic rings. The maximum Gasteiger partial charge on any atom is 0.372 e. The molecule has 0 saturated heterocycles. The number of furan rings is 1. The Bertz CT molecular complexity index is 701. The normalized spacial score (nSPS) is 10.1. The van der Waals surface area contributed by atoms with Gasteiger partial charge in [-0.15, -0.1) is 0 Å². The molecule has 0 aliphatic carbocycles. The minimum Gasteiger partial charge on any atom is -0.475 e. The minimum absolute atomic E-state index is 0.0756. The summed E-state index contributed by atoms with van der Waals surface area (Å²) in [4.78, 5) is 10.9. The van der Waals surface area contributed by atoms with Crippen LogP contribution in [0.3, 0.4) is 0 Å². The van der Waals surface area contributed by atoms with E-state index in [1.165, 1.54) is 0 Å². The van der Waals surface area contributed by atoms with Gasteiger partial charge in [-0.25, -0.2) is 4.79 Å². The van der Waals surface area contributed by atoms with E-state index < -0.39 is 5.97 Å². The van der Waals surface area contributed by atoms with E-state index >= 15 is 0 Å². The molecule has 0 aliphatic heterocycles. The van der Waals surface area contributed by atoms with E-state index in [2.05, 4.69) is 5.32 Å². The van der Waals surface area contributed by atoms with Gasteiger partial charge in [-0.05, 0) is 31.2 Å². The van der Waals surface area contributed by atoms with Gasteiger partial charge in [0.15, 0.2) is 0 Å². The summed E-state index contributed by atoms with van der Waals surface area (Å²) >= 11 is 5.88. The van der Waals surface area contributed by atoms with E-state index in [-0.39, 0.29) is 12.3 Å². The predicted octanol–water partition coefficient (Wildman–Crippen LogP) is 3.42. The third-order valence-corrected chi connectivity index (χ3v) is 2.95. The molecule has 0 amide bonds.